The molecule has 0 aliphatic carbocycles. The number of methoxy groups -OCH3 is 1. The van der Waals surface area contributed by atoms with Crippen LogP contribution in [0.25, 0.3) is 11.5 Å². The van der Waals surface area contributed by atoms with Gasteiger partial charge in [-0.2, -0.15) is 4.31 Å². The van der Waals surface area contributed by atoms with E-state index in [9.17, 15) is 8.42 Å². The largest absolute Gasteiger partial charge is 0.496 e. The zero-order valence-corrected chi connectivity index (χ0v) is 17.9. The zero-order chi connectivity index (χ0) is 21.3. The lowest BCUT2D eigenvalue weighted by Crippen LogP contribution is -2.38. The average Bonchev–Trinajstić information content (AvgIpc) is 3.24. The molecule has 0 radical (unpaired) electrons. The number of hydrogen-bond acceptors (Lipinski definition) is 8. The van der Waals surface area contributed by atoms with Gasteiger partial charge in [-0.05, 0) is 50.5 Å². The second-order valence-corrected chi connectivity index (χ2v) is 9.21. The SMILES string of the molecule is COc1ccc(S(=O)(=O)N2CCC(c3nnc(-c4cncnc4C)o3)CC2)cc1C. The van der Waals surface area contributed by atoms with E-state index in [2.05, 4.69) is 20.2 Å². The third kappa shape index (κ3) is 3.80. The lowest BCUT2D eigenvalue weighted by atomic mass is 9.98. The Balaban J connectivity index is 1.46. The third-order valence-corrected chi connectivity index (χ3v) is 7.28. The molecule has 1 aliphatic heterocycles. The first kappa shape index (κ1) is 20.4. The molecule has 10 heteroatoms. The number of piperidine rings is 1. The van der Waals surface area contributed by atoms with Crippen molar-refractivity contribution in [3.63, 3.8) is 0 Å². The first-order chi connectivity index (χ1) is 14.4. The highest BCUT2D eigenvalue weighted by Gasteiger charge is 2.32. The van der Waals surface area contributed by atoms with E-state index in [1.54, 1.807) is 31.5 Å². The van der Waals surface area contributed by atoms with Gasteiger partial charge >= 0.3 is 0 Å². The summed E-state index contributed by atoms with van der Waals surface area (Å²) >= 11 is 0. The molecule has 2 aromatic heterocycles. The topological polar surface area (TPSA) is 111 Å². The fraction of sp³-hybridized carbons (Fsp3) is 0.400. The van der Waals surface area contributed by atoms with Gasteiger partial charge in [-0.3, -0.25) is 0 Å². The van der Waals surface area contributed by atoms with Crippen LogP contribution in [0.15, 0.2) is 40.0 Å². The lowest BCUT2D eigenvalue weighted by molar-refractivity contribution is 0.291. The molecule has 0 amide bonds. The Labute approximate surface area is 175 Å². The second kappa shape index (κ2) is 8.11. The summed E-state index contributed by atoms with van der Waals surface area (Å²) < 4.78 is 38.6. The second-order valence-electron chi connectivity index (χ2n) is 7.28. The van der Waals surface area contributed by atoms with Gasteiger partial charge < -0.3 is 9.15 Å². The molecule has 158 valence electrons. The molecule has 0 atom stereocenters. The minimum Gasteiger partial charge on any atom is -0.496 e. The highest BCUT2D eigenvalue weighted by atomic mass is 32.2. The molecule has 3 aromatic rings. The number of benzene rings is 1. The number of aryl methyl sites for hydroxylation is 2. The van der Waals surface area contributed by atoms with E-state index in [4.69, 9.17) is 9.15 Å². The molecule has 1 aliphatic rings. The summed E-state index contributed by atoms with van der Waals surface area (Å²) in [6.07, 6.45) is 4.34. The molecule has 30 heavy (non-hydrogen) atoms. The van der Waals surface area contributed by atoms with Gasteiger partial charge in [0.15, 0.2) is 0 Å². The van der Waals surface area contributed by atoms with Crippen molar-refractivity contribution in [2.75, 3.05) is 20.2 Å². The third-order valence-electron chi connectivity index (χ3n) is 5.39. The summed E-state index contributed by atoms with van der Waals surface area (Å²) in [6, 6.07) is 4.92. The van der Waals surface area contributed by atoms with Crippen molar-refractivity contribution in [2.45, 2.75) is 37.5 Å². The molecule has 1 aromatic carbocycles. The highest BCUT2D eigenvalue weighted by molar-refractivity contribution is 7.89. The number of aromatic nitrogens is 4. The first-order valence-electron chi connectivity index (χ1n) is 9.65. The molecule has 0 spiro atoms. The molecular formula is C20H23N5O4S. The zero-order valence-electron chi connectivity index (χ0n) is 17.1. The van der Waals surface area contributed by atoms with E-state index in [0.717, 1.165) is 11.3 Å². The number of sulfonamides is 1. The Kier molecular flexibility index (Phi) is 5.52. The summed E-state index contributed by atoms with van der Waals surface area (Å²) in [5.41, 5.74) is 2.24. The van der Waals surface area contributed by atoms with E-state index in [1.807, 2.05) is 13.8 Å². The first-order valence-corrected chi connectivity index (χ1v) is 11.1. The Morgan fingerprint density at radius 1 is 1.17 bits per heavy atom. The quantitative estimate of drug-likeness (QED) is 0.609. The molecule has 9 nitrogen and oxygen atoms in total. The van der Waals surface area contributed by atoms with E-state index < -0.39 is 10.0 Å². The molecule has 0 unspecified atom stereocenters. The van der Waals surface area contributed by atoms with Gasteiger partial charge in [-0.1, -0.05) is 0 Å². The maximum Gasteiger partial charge on any atom is 0.251 e. The molecule has 0 saturated carbocycles. The van der Waals surface area contributed by atoms with Crippen molar-refractivity contribution >= 4 is 10.0 Å². The van der Waals surface area contributed by atoms with Gasteiger partial charge in [0.05, 0.1) is 23.3 Å². The van der Waals surface area contributed by atoms with Crippen molar-refractivity contribution < 1.29 is 17.6 Å². The van der Waals surface area contributed by atoms with Crippen LogP contribution in [0.2, 0.25) is 0 Å². The van der Waals surface area contributed by atoms with Crippen molar-refractivity contribution in [1.29, 1.82) is 0 Å². The van der Waals surface area contributed by atoms with Gasteiger partial charge in [-0.25, -0.2) is 18.4 Å². The standard InChI is InChI=1S/C20H23N5O4S/c1-13-10-16(4-5-18(13)28-3)30(26,27)25-8-6-15(7-9-25)19-23-24-20(29-19)17-11-21-12-22-14(17)2/h4-5,10-12,15H,6-9H2,1-3H3. The minimum atomic E-state index is -3.56. The smallest absolute Gasteiger partial charge is 0.251 e. The van der Waals surface area contributed by atoms with Crippen molar-refractivity contribution in [1.82, 2.24) is 24.5 Å². The molecule has 4 rings (SSSR count). The van der Waals surface area contributed by atoms with Crippen molar-refractivity contribution in [3.05, 3.63) is 47.9 Å². The van der Waals surface area contributed by atoms with Crippen LogP contribution in [-0.4, -0.2) is 53.1 Å². The van der Waals surface area contributed by atoms with Crippen LogP contribution < -0.4 is 4.74 Å². The van der Waals surface area contributed by atoms with Crippen LogP contribution in [0.1, 0.15) is 35.9 Å². The Morgan fingerprint density at radius 3 is 2.60 bits per heavy atom. The van der Waals surface area contributed by atoms with Crippen LogP contribution >= 0.6 is 0 Å². The van der Waals surface area contributed by atoms with Gasteiger partial charge in [-0.15, -0.1) is 10.2 Å². The average molecular weight is 430 g/mol. The lowest BCUT2D eigenvalue weighted by Gasteiger charge is -2.29. The maximum atomic E-state index is 13.0. The van der Waals surface area contributed by atoms with Crippen molar-refractivity contribution in [2.24, 2.45) is 0 Å². The summed E-state index contributed by atoms with van der Waals surface area (Å²) in [5, 5.41) is 8.30. The van der Waals surface area contributed by atoms with E-state index >= 15 is 0 Å². The predicted octanol–water partition coefficient (Wildman–Crippen LogP) is 2.72. The van der Waals surface area contributed by atoms with Gasteiger partial charge in [0.25, 0.3) is 5.89 Å². The molecule has 1 saturated heterocycles. The summed E-state index contributed by atoms with van der Waals surface area (Å²) in [5.74, 6) is 1.58. The van der Waals surface area contributed by atoms with Gasteiger partial charge in [0, 0.05) is 25.2 Å². The molecular weight excluding hydrogens is 406 g/mol. The summed E-state index contributed by atoms with van der Waals surface area (Å²) in [4.78, 5) is 8.42. The number of nitrogens with zero attached hydrogens (tertiary/aromatic N) is 5. The van der Waals surface area contributed by atoms with E-state index in [-0.39, 0.29) is 10.8 Å². The van der Waals surface area contributed by atoms with Crippen LogP contribution in [0.3, 0.4) is 0 Å². The van der Waals surface area contributed by atoms with E-state index in [1.165, 1.54) is 10.6 Å². The van der Waals surface area contributed by atoms with Gasteiger partial charge in [0.1, 0.15) is 12.1 Å². The fourth-order valence-corrected chi connectivity index (χ4v) is 5.17. The number of rotatable bonds is 5. The normalized spacial score (nSPS) is 16.0. The Morgan fingerprint density at radius 2 is 1.93 bits per heavy atom. The van der Waals surface area contributed by atoms with Crippen LogP contribution in [0.4, 0.5) is 0 Å². The number of hydrogen-bond donors (Lipinski definition) is 0. The highest BCUT2D eigenvalue weighted by Crippen LogP contribution is 2.32. The summed E-state index contributed by atoms with van der Waals surface area (Å²) in [6.45, 7) is 4.47. The monoisotopic (exact) mass is 429 g/mol. The molecule has 1 fully saturated rings. The fourth-order valence-electron chi connectivity index (χ4n) is 3.61. The number of ether oxygens (including phenoxy) is 1. The Bertz CT molecular complexity index is 1150. The summed E-state index contributed by atoms with van der Waals surface area (Å²) in [7, 11) is -2.00. The molecule has 0 N–H and O–H groups in total. The van der Waals surface area contributed by atoms with Crippen LogP contribution in [0, 0.1) is 13.8 Å². The van der Waals surface area contributed by atoms with Crippen molar-refractivity contribution in [3.8, 4) is 17.2 Å². The van der Waals surface area contributed by atoms with E-state index in [0.29, 0.717) is 49.0 Å². The minimum absolute atomic E-state index is 0.0141. The molecule has 3 heterocycles. The predicted molar refractivity (Wildman–Crippen MR) is 109 cm³/mol. The maximum absolute atomic E-state index is 13.0. The van der Waals surface area contributed by atoms with Crippen LogP contribution in [-0.2, 0) is 10.0 Å². The van der Waals surface area contributed by atoms with Gasteiger partial charge in [0.2, 0.25) is 15.9 Å². The Hall–Kier alpha value is -2.85. The molecule has 0 bridgehead atoms. The van der Waals surface area contributed by atoms with Crippen LogP contribution in [0.5, 0.6) is 5.75 Å².